The number of alkyl halides is 1. The van der Waals surface area contributed by atoms with Gasteiger partial charge in [-0.05, 0) is 62.1 Å². The van der Waals surface area contributed by atoms with Crippen molar-refractivity contribution in [1.82, 2.24) is 0 Å². The largest absolute Gasteiger partial charge is 0.481 e. The first kappa shape index (κ1) is 30.4. The summed E-state index contributed by atoms with van der Waals surface area (Å²) in [6.07, 6.45) is 8.55. The molecule has 4 unspecified atom stereocenters. The Kier molecular flexibility index (Phi) is 12.8. The van der Waals surface area contributed by atoms with E-state index in [1.807, 2.05) is 0 Å². The molecule has 0 spiro atoms. The molecule has 4 nitrogen and oxygen atoms in total. The third kappa shape index (κ3) is 5.93. The van der Waals surface area contributed by atoms with Gasteiger partial charge in [0, 0.05) is 13.4 Å². The van der Waals surface area contributed by atoms with Gasteiger partial charge in [0.15, 0.2) is 4.32 Å². The van der Waals surface area contributed by atoms with Crippen molar-refractivity contribution in [2.24, 2.45) is 17.3 Å². The lowest BCUT2D eigenvalue weighted by molar-refractivity contribution is -0.156. The second-order valence-corrected chi connectivity index (χ2v) is 12.4. The third-order valence-corrected chi connectivity index (χ3v) is 12.6. The molecule has 0 aromatic heterocycles. The molecule has 4 atom stereocenters. The Morgan fingerprint density at radius 3 is 1.75 bits per heavy atom. The van der Waals surface area contributed by atoms with Gasteiger partial charge in [0.05, 0.1) is 0 Å². The number of carboxylic acids is 2. The molecule has 0 radical (unpaired) electrons. The van der Waals surface area contributed by atoms with Crippen LogP contribution < -0.4 is 0 Å². The lowest BCUT2D eigenvalue weighted by Gasteiger charge is -2.48. The first-order chi connectivity index (χ1) is 15.0. The van der Waals surface area contributed by atoms with Gasteiger partial charge in [0.25, 0.3) is 0 Å². The molecule has 0 saturated carbocycles. The Morgan fingerprint density at radius 2 is 1.34 bits per heavy atom. The van der Waals surface area contributed by atoms with E-state index in [1.165, 1.54) is 0 Å². The Hall–Kier alpha value is 0.340. The maximum Gasteiger partial charge on any atom is 0.327 e. The van der Waals surface area contributed by atoms with Crippen LogP contribution in [0.4, 0.5) is 0 Å². The molecular formula is C24H36Br4O4. The minimum absolute atomic E-state index is 0.102. The SMILES string of the molecule is CCCCC(CC)CC1=C(Br)C(Br)=C(Br)C(Br)(C(=O)O)C1(CC(CC)CCCC)C(=O)O. The lowest BCUT2D eigenvalue weighted by atomic mass is 9.60. The first-order valence-electron chi connectivity index (χ1n) is 11.6. The molecule has 2 N–H and O–H groups in total. The summed E-state index contributed by atoms with van der Waals surface area (Å²) in [5, 5.41) is 21.2. The molecule has 32 heavy (non-hydrogen) atoms. The van der Waals surface area contributed by atoms with Crippen molar-refractivity contribution in [2.75, 3.05) is 0 Å². The minimum atomic E-state index is -1.81. The van der Waals surface area contributed by atoms with Crippen LogP contribution in [-0.4, -0.2) is 26.5 Å². The maximum absolute atomic E-state index is 13.2. The number of halogens is 4. The Morgan fingerprint density at radius 1 is 0.844 bits per heavy atom. The zero-order valence-corrected chi connectivity index (χ0v) is 25.8. The molecule has 0 aromatic rings. The van der Waals surface area contributed by atoms with Gasteiger partial charge in [-0.25, -0.2) is 0 Å². The second-order valence-electron chi connectivity index (χ2n) is 8.84. The number of hydrogen-bond acceptors (Lipinski definition) is 2. The van der Waals surface area contributed by atoms with Gasteiger partial charge >= 0.3 is 11.9 Å². The van der Waals surface area contributed by atoms with Crippen LogP contribution in [0.3, 0.4) is 0 Å². The monoisotopic (exact) mass is 704 g/mol. The molecule has 1 rings (SSSR count). The van der Waals surface area contributed by atoms with E-state index in [1.54, 1.807) is 0 Å². The van der Waals surface area contributed by atoms with Crippen molar-refractivity contribution in [2.45, 2.75) is 96.2 Å². The second kappa shape index (κ2) is 13.4. The molecule has 0 saturated heterocycles. The molecular weight excluding hydrogens is 672 g/mol. The predicted octanol–water partition coefficient (Wildman–Crippen LogP) is 9.15. The fraction of sp³-hybridized carbons (Fsp3) is 0.750. The van der Waals surface area contributed by atoms with Gasteiger partial charge in [-0.1, -0.05) is 111 Å². The molecule has 184 valence electrons. The summed E-state index contributed by atoms with van der Waals surface area (Å²) in [6.45, 7) is 8.44. The van der Waals surface area contributed by atoms with E-state index >= 15 is 0 Å². The van der Waals surface area contributed by atoms with E-state index in [4.69, 9.17) is 0 Å². The molecule has 0 bridgehead atoms. The lowest BCUT2D eigenvalue weighted by Crippen LogP contribution is -2.58. The molecule has 1 aliphatic rings. The molecule has 0 aliphatic heterocycles. The van der Waals surface area contributed by atoms with Crippen molar-refractivity contribution >= 4 is 75.7 Å². The molecule has 0 aromatic carbocycles. The van der Waals surface area contributed by atoms with Crippen molar-refractivity contribution in [3.63, 3.8) is 0 Å². The van der Waals surface area contributed by atoms with Crippen LogP contribution in [0, 0.1) is 17.3 Å². The summed E-state index contributed by atoms with van der Waals surface area (Å²) in [6, 6.07) is 0. The molecule has 0 fully saturated rings. The summed E-state index contributed by atoms with van der Waals surface area (Å²) in [7, 11) is 0. The highest BCUT2D eigenvalue weighted by Gasteiger charge is 2.67. The van der Waals surface area contributed by atoms with Crippen LogP contribution in [0.2, 0.25) is 0 Å². The van der Waals surface area contributed by atoms with Crippen LogP contribution in [0.1, 0.15) is 91.9 Å². The van der Waals surface area contributed by atoms with Crippen LogP contribution >= 0.6 is 63.7 Å². The predicted molar refractivity (Wildman–Crippen MR) is 146 cm³/mol. The third-order valence-electron chi connectivity index (χ3n) is 6.89. The fourth-order valence-electron chi connectivity index (χ4n) is 4.74. The number of aliphatic carboxylic acids is 2. The van der Waals surface area contributed by atoms with E-state index in [9.17, 15) is 19.8 Å². The zero-order valence-electron chi connectivity index (χ0n) is 19.4. The van der Waals surface area contributed by atoms with E-state index in [0.29, 0.717) is 25.4 Å². The summed E-state index contributed by atoms with van der Waals surface area (Å²) < 4.78 is -0.304. The number of allylic oxidation sites excluding steroid dienone is 2. The summed E-state index contributed by atoms with van der Waals surface area (Å²) in [5.41, 5.74) is -0.959. The Balaban J connectivity index is 3.82. The highest BCUT2D eigenvalue weighted by molar-refractivity contribution is 9.17. The quantitative estimate of drug-likeness (QED) is 0.177. The minimum Gasteiger partial charge on any atom is -0.481 e. The summed E-state index contributed by atoms with van der Waals surface area (Å²) >= 11 is 14.1. The summed E-state index contributed by atoms with van der Waals surface area (Å²) in [4.78, 5) is 26.0. The molecule has 1 aliphatic carbocycles. The van der Waals surface area contributed by atoms with Gasteiger partial charge in [-0.3, -0.25) is 9.59 Å². The van der Waals surface area contributed by atoms with Gasteiger partial charge in [-0.2, -0.15) is 0 Å². The van der Waals surface area contributed by atoms with Gasteiger partial charge < -0.3 is 10.2 Å². The van der Waals surface area contributed by atoms with E-state index in [2.05, 4.69) is 91.4 Å². The van der Waals surface area contributed by atoms with Crippen molar-refractivity contribution in [1.29, 1.82) is 0 Å². The fourth-order valence-corrected chi connectivity index (χ4v) is 7.98. The van der Waals surface area contributed by atoms with Crippen LogP contribution in [-0.2, 0) is 9.59 Å². The van der Waals surface area contributed by atoms with E-state index in [0.717, 1.165) is 51.4 Å². The first-order valence-corrected chi connectivity index (χ1v) is 14.8. The van der Waals surface area contributed by atoms with Crippen molar-refractivity contribution in [3.05, 3.63) is 19.0 Å². The number of unbranched alkanes of at least 4 members (excludes halogenated alkanes) is 2. The highest BCUT2D eigenvalue weighted by Crippen LogP contribution is 2.63. The smallest absolute Gasteiger partial charge is 0.327 e. The maximum atomic E-state index is 13.2. The van der Waals surface area contributed by atoms with Crippen LogP contribution in [0.5, 0.6) is 0 Å². The average molecular weight is 708 g/mol. The molecule has 0 heterocycles. The molecule has 0 amide bonds. The normalized spacial score (nSPS) is 25.8. The van der Waals surface area contributed by atoms with E-state index in [-0.39, 0.29) is 18.3 Å². The highest BCUT2D eigenvalue weighted by atomic mass is 79.9. The zero-order chi connectivity index (χ0) is 24.7. The van der Waals surface area contributed by atoms with Gasteiger partial charge in [0.2, 0.25) is 0 Å². The Labute approximate surface area is 226 Å². The summed E-state index contributed by atoms with van der Waals surface area (Å²) in [5.74, 6) is -1.91. The van der Waals surface area contributed by atoms with Gasteiger partial charge in [0.1, 0.15) is 5.41 Å². The standard InChI is InChI=1S/C24H36Br4O4/c1-5-9-11-15(7-3)13-17-18(25)19(26)20(27)24(28,22(31)32)23(17,21(29)30)14-16(8-4)12-10-6-2/h15-16H,5-14H2,1-4H3,(H,29,30)(H,31,32). The molecule has 8 heteroatoms. The van der Waals surface area contributed by atoms with Crippen LogP contribution in [0.15, 0.2) is 19.0 Å². The number of carbonyl (C=O) groups is 2. The number of hydrogen-bond donors (Lipinski definition) is 2. The average Bonchev–Trinajstić information content (AvgIpc) is 2.77. The van der Waals surface area contributed by atoms with Crippen molar-refractivity contribution in [3.8, 4) is 0 Å². The number of carboxylic acid groups (broad SMARTS) is 2. The Bertz CT molecular complexity index is 748. The van der Waals surface area contributed by atoms with Crippen LogP contribution in [0.25, 0.3) is 0 Å². The number of rotatable bonds is 14. The topological polar surface area (TPSA) is 74.6 Å². The van der Waals surface area contributed by atoms with Crippen molar-refractivity contribution < 1.29 is 19.8 Å². The van der Waals surface area contributed by atoms with E-state index < -0.39 is 21.7 Å². The van der Waals surface area contributed by atoms with Gasteiger partial charge in [-0.15, -0.1) is 0 Å².